The quantitative estimate of drug-likeness (QED) is 0.209. The molecule has 16 nitrogen and oxygen atoms in total. The minimum Gasteiger partial charge on any atom is -0.470 e. The van der Waals surface area contributed by atoms with E-state index in [-0.39, 0.29) is 80.6 Å². The Kier molecular flexibility index (Phi) is 19.5. The fourth-order valence-corrected chi connectivity index (χ4v) is 4.60. The number of aromatic nitrogens is 6. The van der Waals surface area contributed by atoms with Crippen LogP contribution in [0.25, 0.3) is 0 Å². The summed E-state index contributed by atoms with van der Waals surface area (Å²) in [6.07, 6.45) is 3.72. The largest absolute Gasteiger partial charge is 0.470 e. The van der Waals surface area contributed by atoms with Crippen LogP contribution in [0, 0.1) is 0 Å². The van der Waals surface area contributed by atoms with Crippen LogP contribution in [0.1, 0.15) is 34.6 Å². The Morgan fingerprint density at radius 1 is 0.667 bits per heavy atom. The summed E-state index contributed by atoms with van der Waals surface area (Å²) in [6, 6.07) is 0. The summed E-state index contributed by atoms with van der Waals surface area (Å²) in [4.78, 5) is 57.9. The van der Waals surface area contributed by atoms with Crippen molar-refractivity contribution in [2.75, 3.05) is 39.3 Å². The van der Waals surface area contributed by atoms with Crippen LogP contribution in [0.2, 0.25) is 30.9 Å². The van der Waals surface area contributed by atoms with E-state index in [4.69, 9.17) is 88.6 Å². The summed E-state index contributed by atoms with van der Waals surface area (Å²) in [7, 11) is 0. The molecule has 3 aromatic rings. The number of halogens is 8. The van der Waals surface area contributed by atoms with Crippen LogP contribution in [0.15, 0.2) is 18.6 Å². The normalized spacial score (nSPS) is 15.0. The van der Waals surface area contributed by atoms with Crippen LogP contribution in [0.3, 0.4) is 0 Å². The van der Waals surface area contributed by atoms with Crippen LogP contribution in [-0.4, -0.2) is 120 Å². The van der Waals surface area contributed by atoms with Crippen molar-refractivity contribution in [3.63, 3.8) is 0 Å². The Morgan fingerprint density at radius 2 is 1.00 bits per heavy atom. The molecule has 0 atom stereocenters. The van der Waals surface area contributed by atoms with Gasteiger partial charge in [-0.05, 0) is 67.2 Å². The van der Waals surface area contributed by atoms with Gasteiger partial charge in [0.05, 0.1) is 44.8 Å². The second kappa shape index (κ2) is 22.2. The first-order valence-corrected chi connectivity index (χ1v) is 18.1. The second-order valence-corrected chi connectivity index (χ2v) is 14.8. The maximum Gasteiger partial charge on any atom is 0.410 e. The van der Waals surface area contributed by atoms with Gasteiger partial charge in [-0.25, -0.2) is 19.7 Å². The number of hydrogen-bond donors (Lipinski definition) is 1. The summed E-state index contributed by atoms with van der Waals surface area (Å²) >= 11 is 39.0. The van der Waals surface area contributed by atoms with Gasteiger partial charge in [0, 0.05) is 26.9 Å². The monoisotopic (exact) mass is 913 g/mol. The highest BCUT2D eigenvalue weighted by Gasteiger charge is 2.36. The Bertz CT molecular complexity index is 1730. The third-order valence-electron chi connectivity index (χ3n) is 6.42. The number of hydrogen-bond acceptors (Lipinski definition) is 14. The van der Waals surface area contributed by atoms with Crippen molar-refractivity contribution < 1.29 is 33.3 Å². The molecule has 6 heterocycles. The highest BCUT2D eigenvalue weighted by molar-refractivity contribution is 6.62. The Balaban J connectivity index is 0.000000269. The van der Waals surface area contributed by atoms with Crippen molar-refractivity contribution in [2.45, 2.75) is 58.5 Å². The Labute approximate surface area is 352 Å². The van der Waals surface area contributed by atoms with E-state index in [0.29, 0.717) is 42.1 Å². The summed E-state index contributed by atoms with van der Waals surface area (Å²) in [5, 5.41) is 3.98. The predicted octanol–water partition coefficient (Wildman–Crippen LogP) is 6.50. The number of carbonyl (C=O) groups excluding carboxylic acids is 3. The molecule has 0 unspecified atom stereocenters. The van der Waals surface area contributed by atoms with Gasteiger partial charge in [-0.2, -0.15) is 15.0 Å². The minimum atomic E-state index is -0.507. The lowest BCUT2D eigenvalue weighted by Crippen LogP contribution is -2.57. The number of ether oxygens (including phenoxy) is 4. The maximum atomic E-state index is 11.7. The molecule has 3 aliphatic rings. The molecule has 3 fully saturated rings. The van der Waals surface area contributed by atoms with E-state index in [1.807, 2.05) is 20.8 Å². The van der Waals surface area contributed by atoms with E-state index >= 15 is 0 Å². The van der Waals surface area contributed by atoms with Crippen molar-refractivity contribution in [3.8, 4) is 17.6 Å². The molecule has 2 amide bonds. The average molecular weight is 917 g/mol. The summed E-state index contributed by atoms with van der Waals surface area (Å²) in [5.74, 6) is 0.871. The molecule has 0 bridgehead atoms. The number of amides is 2. The summed E-state index contributed by atoms with van der Waals surface area (Å²) < 4.78 is 21.7. The van der Waals surface area contributed by atoms with Crippen molar-refractivity contribution in [3.05, 3.63) is 49.5 Å². The number of likely N-dealkylation sites (tertiary alicyclic amines) is 2. The van der Waals surface area contributed by atoms with E-state index in [1.54, 1.807) is 9.80 Å². The number of nitrogens with zero attached hydrogens (tertiary/aromatic N) is 8. The Hall–Kier alpha value is -2.67. The van der Waals surface area contributed by atoms with Crippen LogP contribution in [-0.2, 0) is 14.3 Å². The third kappa shape index (κ3) is 16.6. The molecule has 298 valence electrons. The van der Waals surface area contributed by atoms with Gasteiger partial charge >= 0.3 is 6.09 Å². The van der Waals surface area contributed by atoms with Gasteiger partial charge in [0.15, 0.2) is 0 Å². The maximum absolute atomic E-state index is 11.7. The Morgan fingerprint density at radius 3 is 1.30 bits per heavy atom. The average Bonchev–Trinajstić information content (AvgIpc) is 2.98. The highest BCUT2D eigenvalue weighted by atomic mass is 35.5. The lowest BCUT2D eigenvalue weighted by Gasteiger charge is -2.39. The first kappa shape index (κ1) is 47.5. The van der Waals surface area contributed by atoms with Crippen LogP contribution < -0.4 is 19.5 Å². The number of rotatable bonds is 6. The fourth-order valence-electron chi connectivity index (χ4n) is 3.82. The zero-order valence-electron chi connectivity index (χ0n) is 29.2. The molecule has 54 heavy (non-hydrogen) atoms. The van der Waals surface area contributed by atoms with E-state index < -0.39 is 5.60 Å². The molecule has 0 saturated carbocycles. The molecule has 6 rings (SSSR count). The zero-order chi connectivity index (χ0) is 39.5. The van der Waals surface area contributed by atoms with Crippen LogP contribution >= 0.6 is 93.6 Å². The molecule has 3 aromatic heterocycles. The molecule has 0 radical (unpaired) electrons. The predicted molar refractivity (Wildman–Crippen MR) is 206 cm³/mol. The molecule has 24 heteroatoms. The van der Waals surface area contributed by atoms with Gasteiger partial charge in [-0.15, -0.1) is 12.4 Å². The van der Waals surface area contributed by atoms with Crippen LogP contribution in [0.5, 0.6) is 17.6 Å². The van der Waals surface area contributed by atoms with Crippen molar-refractivity contribution in [2.24, 2.45) is 0 Å². The van der Waals surface area contributed by atoms with E-state index in [1.165, 1.54) is 32.4 Å². The lowest BCUT2D eigenvalue weighted by atomic mass is 10.2. The molecular weight excluding hydrogens is 882 g/mol. The second-order valence-electron chi connectivity index (χ2n) is 12.0. The van der Waals surface area contributed by atoms with Gasteiger partial charge in [0.2, 0.25) is 44.6 Å². The summed E-state index contributed by atoms with van der Waals surface area (Å²) in [5.41, 5.74) is -0.507. The van der Waals surface area contributed by atoms with Crippen molar-refractivity contribution in [1.29, 1.82) is 0 Å². The van der Waals surface area contributed by atoms with Crippen molar-refractivity contribution in [1.82, 2.24) is 45.0 Å². The van der Waals surface area contributed by atoms with Gasteiger partial charge < -0.3 is 34.1 Å². The van der Waals surface area contributed by atoms with E-state index in [0.717, 1.165) is 13.1 Å². The van der Waals surface area contributed by atoms with Gasteiger partial charge in [-0.1, -0.05) is 34.8 Å². The smallest absolute Gasteiger partial charge is 0.410 e. The highest BCUT2D eigenvalue weighted by Crippen LogP contribution is 2.27. The first-order chi connectivity index (χ1) is 24.8. The van der Waals surface area contributed by atoms with E-state index in [2.05, 4.69) is 46.8 Å². The molecule has 1 N–H and O–H groups in total. The van der Waals surface area contributed by atoms with Crippen LogP contribution in [0.4, 0.5) is 4.79 Å². The molecular formula is C30H35Cl8N9O7. The number of nitrogens with one attached hydrogen (secondary N) is 1. The molecule has 0 aromatic carbocycles. The molecule has 0 aliphatic carbocycles. The first-order valence-electron chi connectivity index (χ1n) is 15.4. The topological polar surface area (TPSA) is 184 Å². The zero-order valence-corrected chi connectivity index (χ0v) is 35.3. The lowest BCUT2D eigenvalue weighted by molar-refractivity contribution is -0.137. The summed E-state index contributed by atoms with van der Waals surface area (Å²) in [6.45, 7) is 11.9. The molecule has 3 saturated heterocycles. The molecule has 3 aliphatic heterocycles. The van der Waals surface area contributed by atoms with E-state index in [9.17, 15) is 14.4 Å². The SMILES string of the molecule is CC(=O)Cl.CC(=O)N1CC(Oc2nc(Cl)ncc2Cl)C1.CC(C)(C)OC(=O)N1CC(Oc2nc(Cl)ncc2Cl)C1.Cl.Clc1ncc(Cl)c(OC2CNC2)n1. The van der Waals surface area contributed by atoms with Gasteiger partial charge in [-0.3, -0.25) is 9.59 Å². The molecule has 0 spiro atoms. The number of carbonyl (C=O) groups is 3. The van der Waals surface area contributed by atoms with Gasteiger partial charge in [0.1, 0.15) is 39.0 Å². The minimum absolute atomic E-state index is 0. The fraction of sp³-hybridized carbons (Fsp3) is 0.500. The van der Waals surface area contributed by atoms with Crippen molar-refractivity contribution >= 4 is 111 Å². The standard InChI is InChI=1S/C12H15Cl2N3O3.C9H9Cl2N3O2.C7H7Cl2N3O.C2H3ClO.ClH/c1-12(2,3)20-11(18)17-5-7(6-17)19-9-8(13)4-15-10(14)16-9;1-5(15)14-3-6(4-14)16-8-7(10)2-12-9(11)13-8;8-5-3-11-7(9)12-6(5)13-4-1-10-2-4;1-2(3)4;/h4,7H,5-6H2,1-3H3;2,6H,3-4H2,1H3;3-4,10H,1-2H2;1H3;1H. The van der Waals surface area contributed by atoms with Gasteiger partial charge in [0.25, 0.3) is 0 Å². The third-order valence-corrected chi connectivity index (χ3v) is 7.74.